The molecular weight excluding hydrogens is 246 g/mol. The van der Waals surface area contributed by atoms with Crippen molar-refractivity contribution in [2.75, 3.05) is 0 Å². The predicted octanol–water partition coefficient (Wildman–Crippen LogP) is 4.25. The van der Waals surface area contributed by atoms with Crippen molar-refractivity contribution < 1.29 is 0 Å². The van der Waals surface area contributed by atoms with Crippen LogP contribution in [0.5, 0.6) is 0 Å². The number of imidazole rings is 1. The number of hydrogen-bond donors (Lipinski definition) is 0. The first kappa shape index (κ1) is 14.6. The van der Waals surface area contributed by atoms with Gasteiger partial charge in [-0.2, -0.15) is 5.26 Å². The molecule has 3 nitrogen and oxygen atoms in total. The highest BCUT2D eigenvalue weighted by molar-refractivity contribution is 5.77. The number of aryl methyl sites for hydroxylation is 2. The van der Waals surface area contributed by atoms with Crippen molar-refractivity contribution in [2.24, 2.45) is 0 Å². The van der Waals surface area contributed by atoms with Crippen LogP contribution in [0, 0.1) is 11.3 Å². The fourth-order valence-corrected chi connectivity index (χ4v) is 2.60. The Morgan fingerprint density at radius 2 is 2.05 bits per heavy atom. The van der Waals surface area contributed by atoms with E-state index in [1.165, 1.54) is 30.3 Å². The lowest BCUT2D eigenvalue weighted by Gasteiger charge is -2.07. The molecule has 106 valence electrons. The molecule has 0 aliphatic carbocycles. The molecule has 0 radical (unpaired) electrons. The summed E-state index contributed by atoms with van der Waals surface area (Å²) in [6.07, 6.45) is 6.34. The van der Waals surface area contributed by atoms with Crippen LogP contribution in [-0.4, -0.2) is 9.55 Å². The molecule has 0 bridgehead atoms. The first-order valence-corrected chi connectivity index (χ1v) is 7.65. The molecule has 0 amide bonds. The van der Waals surface area contributed by atoms with Crippen LogP contribution in [0.2, 0.25) is 0 Å². The molecule has 1 aromatic carbocycles. The van der Waals surface area contributed by atoms with E-state index in [1.54, 1.807) is 0 Å². The first-order valence-electron chi connectivity index (χ1n) is 7.65. The molecule has 2 aromatic rings. The van der Waals surface area contributed by atoms with E-state index in [0.29, 0.717) is 6.42 Å². The van der Waals surface area contributed by atoms with Crippen LogP contribution < -0.4 is 0 Å². The Kier molecular flexibility index (Phi) is 5.17. The Morgan fingerprint density at radius 3 is 2.75 bits per heavy atom. The van der Waals surface area contributed by atoms with Crippen LogP contribution in [0.3, 0.4) is 0 Å². The second-order valence-corrected chi connectivity index (χ2v) is 5.25. The van der Waals surface area contributed by atoms with Crippen LogP contribution in [0.25, 0.3) is 11.0 Å². The Hall–Kier alpha value is -1.82. The number of aromatic nitrogens is 2. The van der Waals surface area contributed by atoms with E-state index >= 15 is 0 Å². The van der Waals surface area contributed by atoms with Crippen LogP contribution in [0.15, 0.2) is 18.2 Å². The molecule has 0 aliphatic rings. The van der Waals surface area contributed by atoms with Crippen LogP contribution in [0.1, 0.15) is 50.9 Å². The normalized spacial score (nSPS) is 10.8. The summed E-state index contributed by atoms with van der Waals surface area (Å²) in [5, 5.41) is 8.98. The second-order valence-electron chi connectivity index (χ2n) is 5.25. The third-order valence-corrected chi connectivity index (χ3v) is 3.77. The summed E-state index contributed by atoms with van der Waals surface area (Å²) in [6.45, 7) is 5.35. The molecule has 0 saturated heterocycles. The van der Waals surface area contributed by atoms with E-state index in [0.717, 1.165) is 30.7 Å². The molecule has 2 rings (SSSR count). The summed E-state index contributed by atoms with van der Waals surface area (Å²) in [5.74, 6) is 0.909. The number of hydrogen-bond acceptors (Lipinski definition) is 2. The lowest BCUT2D eigenvalue weighted by molar-refractivity contribution is 0.579. The molecule has 0 fully saturated rings. The molecule has 0 saturated carbocycles. The van der Waals surface area contributed by atoms with Crippen LogP contribution in [0.4, 0.5) is 0 Å². The Balaban J connectivity index is 2.28. The molecule has 3 heteroatoms. The minimum atomic E-state index is 0.393. The van der Waals surface area contributed by atoms with Gasteiger partial charge in [-0.1, -0.05) is 39.2 Å². The van der Waals surface area contributed by atoms with Gasteiger partial charge in [0.2, 0.25) is 0 Å². The van der Waals surface area contributed by atoms with Crippen LogP contribution in [-0.2, 0) is 19.4 Å². The van der Waals surface area contributed by atoms with Crippen LogP contribution >= 0.6 is 0 Å². The van der Waals surface area contributed by atoms with Gasteiger partial charge in [-0.3, -0.25) is 0 Å². The molecule has 1 aromatic heterocycles. The largest absolute Gasteiger partial charge is 0.327 e. The molecule has 20 heavy (non-hydrogen) atoms. The zero-order valence-corrected chi connectivity index (χ0v) is 12.5. The summed E-state index contributed by atoms with van der Waals surface area (Å²) in [4.78, 5) is 4.65. The summed E-state index contributed by atoms with van der Waals surface area (Å²) < 4.78 is 2.23. The highest BCUT2D eigenvalue weighted by atomic mass is 15.1. The van der Waals surface area contributed by atoms with Gasteiger partial charge in [0.25, 0.3) is 0 Å². The van der Waals surface area contributed by atoms with E-state index < -0.39 is 0 Å². The maximum Gasteiger partial charge on any atom is 0.124 e. The number of benzene rings is 1. The van der Waals surface area contributed by atoms with Gasteiger partial charge < -0.3 is 4.57 Å². The maximum absolute atomic E-state index is 8.98. The van der Waals surface area contributed by atoms with Crippen molar-refractivity contribution in [3.8, 4) is 6.07 Å². The molecule has 0 aliphatic heterocycles. The topological polar surface area (TPSA) is 41.6 Å². The van der Waals surface area contributed by atoms with Gasteiger partial charge in [0.05, 0.1) is 23.5 Å². The summed E-state index contributed by atoms with van der Waals surface area (Å²) in [5.41, 5.74) is 3.51. The zero-order chi connectivity index (χ0) is 14.4. The number of fused-ring (bicyclic) bond motifs is 1. The van der Waals surface area contributed by atoms with Gasteiger partial charge in [-0.25, -0.2) is 4.98 Å². The summed E-state index contributed by atoms with van der Waals surface area (Å²) in [7, 11) is 0. The lowest BCUT2D eigenvalue weighted by Crippen LogP contribution is -2.03. The molecule has 0 atom stereocenters. The number of nitriles is 1. The Morgan fingerprint density at radius 1 is 1.20 bits per heavy atom. The minimum Gasteiger partial charge on any atom is -0.327 e. The van der Waals surface area contributed by atoms with E-state index in [-0.39, 0.29) is 0 Å². The number of nitrogens with zero attached hydrogens (tertiary/aromatic N) is 3. The standard InChI is InChI=1S/C17H23N3/c1-3-5-6-7-12-20-16-9-8-14(4-2)13-15(16)19-17(20)10-11-18/h8-9,13H,3-7,10,12H2,1-2H3. The van der Waals surface area contributed by atoms with E-state index in [1.807, 2.05) is 0 Å². The molecule has 0 spiro atoms. The fourth-order valence-electron chi connectivity index (χ4n) is 2.60. The van der Waals surface area contributed by atoms with Crippen molar-refractivity contribution >= 4 is 11.0 Å². The van der Waals surface area contributed by atoms with Gasteiger partial charge >= 0.3 is 0 Å². The molecule has 0 N–H and O–H groups in total. The van der Waals surface area contributed by atoms with Gasteiger partial charge in [0.15, 0.2) is 0 Å². The quantitative estimate of drug-likeness (QED) is 0.705. The predicted molar refractivity (Wildman–Crippen MR) is 82.6 cm³/mol. The van der Waals surface area contributed by atoms with E-state index in [9.17, 15) is 0 Å². The monoisotopic (exact) mass is 269 g/mol. The smallest absolute Gasteiger partial charge is 0.124 e. The van der Waals surface area contributed by atoms with Gasteiger partial charge in [0.1, 0.15) is 5.82 Å². The summed E-state index contributed by atoms with van der Waals surface area (Å²) in [6, 6.07) is 8.71. The zero-order valence-electron chi connectivity index (χ0n) is 12.5. The van der Waals surface area contributed by atoms with Crippen molar-refractivity contribution in [3.05, 3.63) is 29.6 Å². The average molecular weight is 269 g/mol. The third-order valence-electron chi connectivity index (χ3n) is 3.77. The number of unbranched alkanes of at least 4 members (excludes halogenated alkanes) is 3. The van der Waals surface area contributed by atoms with Crippen molar-refractivity contribution in [1.82, 2.24) is 9.55 Å². The van der Waals surface area contributed by atoms with Gasteiger partial charge in [-0.05, 0) is 30.5 Å². The summed E-state index contributed by atoms with van der Waals surface area (Å²) >= 11 is 0. The Labute approximate surface area is 121 Å². The number of rotatable bonds is 7. The highest BCUT2D eigenvalue weighted by Gasteiger charge is 2.10. The Bertz CT molecular complexity index is 604. The van der Waals surface area contributed by atoms with Crippen molar-refractivity contribution in [1.29, 1.82) is 5.26 Å². The second kappa shape index (κ2) is 7.09. The minimum absolute atomic E-state index is 0.393. The van der Waals surface area contributed by atoms with E-state index in [4.69, 9.17) is 5.26 Å². The van der Waals surface area contributed by atoms with Crippen molar-refractivity contribution in [3.63, 3.8) is 0 Å². The van der Waals surface area contributed by atoms with Crippen molar-refractivity contribution in [2.45, 2.75) is 58.9 Å². The van der Waals surface area contributed by atoms with E-state index in [2.05, 4.69) is 47.7 Å². The molecule has 1 heterocycles. The maximum atomic E-state index is 8.98. The van der Waals surface area contributed by atoms with Gasteiger partial charge in [-0.15, -0.1) is 0 Å². The highest BCUT2D eigenvalue weighted by Crippen LogP contribution is 2.20. The van der Waals surface area contributed by atoms with Gasteiger partial charge in [0, 0.05) is 6.54 Å². The molecular formula is C17H23N3. The fraction of sp³-hybridized carbons (Fsp3) is 0.529. The third kappa shape index (κ3) is 3.19. The first-order chi connectivity index (χ1) is 9.80. The SMILES string of the molecule is CCCCCCn1c(CC#N)nc2cc(CC)ccc21. The molecule has 0 unspecified atom stereocenters. The average Bonchev–Trinajstić information content (AvgIpc) is 2.80. The lowest BCUT2D eigenvalue weighted by atomic mass is 10.1.